The summed E-state index contributed by atoms with van der Waals surface area (Å²) in [6.07, 6.45) is 4.48. The molecule has 1 aliphatic rings. The van der Waals surface area contributed by atoms with Gasteiger partial charge in [0.1, 0.15) is 6.61 Å². The Morgan fingerprint density at radius 2 is 1.83 bits per heavy atom. The number of ether oxygens (including phenoxy) is 1. The van der Waals surface area contributed by atoms with Crippen molar-refractivity contribution in [3.05, 3.63) is 0 Å². The third kappa shape index (κ3) is 4.94. The molecule has 0 aromatic carbocycles. The van der Waals surface area contributed by atoms with Crippen molar-refractivity contribution >= 4 is 5.91 Å². The van der Waals surface area contributed by atoms with E-state index in [1.165, 1.54) is 0 Å². The average Bonchev–Trinajstić information content (AvgIpc) is 2.34. The van der Waals surface area contributed by atoms with E-state index in [1.54, 1.807) is 0 Å². The van der Waals surface area contributed by atoms with Gasteiger partial charge in [-0.3, -0.25) is 4.79 Å². The smallest absolute Gasteiger partial charge is 0.248 e. The molecule has 0 atom stereocenters. The van der Waals surface area contributed by atoms with Crippen molar-refractivity contribution in [2.45, 2.75) is 64.1 Å². The van der Waals surface area contributed by atoms with Gasteiger partial charge in [0.25, 0.3) is 0 Å². The van der Waals surface area contributed by atoms with E-state index in [0.717, 1.165) is 25.7 Å². The lowest BCUT2D eigenvalue weighted by Gasteiger charge is -2.35. The molecular weight excluding hydrogens is 228 g/mol. The van der Waals surface area contributed by atoms with Crippen LogP contribution in [0.25, 0.3) is 0 Å². The standard InChI is InChI=1S/C14H28N2O2/c1-14(2,3)18-10-13(17)16(5)12-8-6-11(15-4)7-9-12/h11-12,15H,6-10H2,1-5H3. The molecule has 1 rings (SSSR count). The molecule has 0 aliphatic heterocycles. The van der Waals surface area contributed by atoms with E-state index < -0.39 is 0 Å². The van der Waals surface area contributed by atoms with Crippen molar-refractivity contribution in [2.24, 2.45) is 0 Å². The number of carbonyl (C=O) groups is 1. The van der Waals surface area contributed by atoms with Gasteiger partial charge in [-0.05, 0) is 53.5 Å². The van der Waals surface area contributed by atoms with Gasteiger partial charge in [0.05, 0.1) is 5.60 Å². The van der Waals surface area contributed by atoms with Gasteiger partial charge in [-0.25, -0.2) is 0 Å². The molecule has 1 N–H and O–H groups in total. The average molecular weight is 256 g/mol. The first kappa shape index (κ1) is 15.4. The molecule has 1 saturated carbocycles. The molecule has 4 nitrogen and oxygen atoms in total. The van der Waals surface area contributed by atoms with E-state index >= 15 is 0 Å². The van der Waals surface area contributed by atoms with Crippen molar-refractivity contribution in [3.8, 4) is 0 Å². The predicted molar refractivity (Wildman–Crippen MR) is 73.6 cm³/mol. The van der Waals surface area contributed by atoms with Crippen LogP contribution >= 0.6 is 0 Å². The Labute approximate surface area is 111 Å². The third-order valence-corrected chi connectivity index (χ3v) is 3.67. The molecule has 0 saturated heterocycles. The maximum atomic E-state index is 12.0. The maximum absolute atomic E-state index is 12.0. The number of rotatable bonds is 4. The van der Waals surface area contributed by atoms with Gasteiger partial charge in [0.2, 0.25) is 5.91 Å². The minimum absolute atomic E-state index is 0.0952. The van der Waals surface area contributed by atoms with Crippen LogP contribution in [0.1, 0.15) is 46.5 Å². The lowest BCUT2D eigenvalue weighted by molar-refractivity contribution is -0.142. The van der Waals surface area contributed by atoms with Gasteiger partial charge < -0.3 is 15.0 Å². The first-order valence-electron chi connectivity index (χ1n) is 6.90. The molecule has 4 heteroatoms. The van der Waals surface area contributed by atoms with Crippen LogP contribution in [0, 0.1) is 0 Å². The summed E-state index contributed by atoms with van der Waals surface area (Å²) in [7, 11) is 3.91. The Morgan fingerprint density at radius 3 is 2.28 bits per heavy atom. The van der Waals surface area contributed by atoms with Crippen molar-refractivity contribution < 1.29 is 9.53 Å². The van der Waals surface area contributed by atoms with Crippen LogP contribution in [0.3, 0.4) is 0 Å². The first-order valence-corrected chi connectivity index (χ1v) is 6.90. The summed E-state index contributed by atoms with van der Waals surface area (Å²) in [6, 6.07) is 1.00. The zero-order chi connectivity index (χ0) is 13.8. The minimum atomic E-state index is -0.250. The number of nitrogens with one attached hydrogen (secondary N) is 1. The summed E-state index contributed by atoms with van der Waals surface area (Å²) in [5.74, 6) is 0.0952. The Hall–Kier alpha value is -0.610. The summed E-state index contributed by atoms with van der Waals surface area (Å²) >= 11 is 0. The van der Waals surface area contributed by atoms with Crippen LogP contribution in [0.15, 0.2) is 0 Å². The van der Waals surface area contributed by atoms with E-state index in [2.05, 4.69) is 5.32 Å². The normalized spacial score (nSPS) is 24.9. The fourth-order valence-electron chi connectivity index (χ4n) is 2.34. The molecule has 0 spiro atoms. The molecule has 0 unspecified atom stereocenters. The lowest BCUT2D eigenvalue weighted by Crippen LogP contribution is -2.44. The highest BCUT2D eigenvalue weighted by Gasteiger charge is 2.26. The summed E-state index contributed by atoms with van der Waals surface area (Å²) in [4.78, 5) is 13.9. The minimum Gasteiger partial charge on any atom is -0.366 e. The van der Waals surface area contributed by atoms with Gasteiger partial charge >= 0.3 is 0 Å². The van der Waals surface area contributed by atoms with E-state index in [4.69, 9.17) is 4.74 Å². The van der Waals surface area contributed by atoms with E-state index in [0.29, 0.717) is 12.1 Å². The Kier molecular flexibility index (Phi) is 5.60. The summed E-state index contributed by atoms with van der Waals surface area (Å²) < 4.78 is 5.54. The van der Waals surface area contributed by atoms with Gasteiger partial charge in [-0.1, -0.05) is 0 Å². The summed E-state index contributed by atoms with van der Waals surface area (Å²) in [5.41, 5.74) is -0.250. The third-order valence-electron chi connectivity index (χ3n) is 3.67. The van der Waals surface area contributed by atoms with Gasteiger partial charge in [0, 0.05) is 19.1 Å². The molecule has 0 aromatic heterocycles. The number of likely N-dealkylation sites (N-methyl/N-ethyl adjacent to an activating group) is 1. The SMILES string of the molecule is CNC1CCC(N(C)C(=O)COC(C)(C)C)CC1. The quantitative estimate of drug-likeness (QED) is 0.834. The Morgan fingerprint density at radius 1 is 1.28 bits per heavy atom. The fraction of sp³-hybridized carbons (Fsp3) is 0.929. The second-order valence-corrected chi connectivity index (χ2v) is 6.20. The van der Waals surface area contributed by atoms with Crippen molar-refractivity contribution in [2.75, 3.05) is 20.7 Å². The molecule has 18 heavy (non-hydrogen) atoms. The molecule has 0 bridgehead atoms. The van der Waals surface area contributed by atoms with Gasteiger partial charge in [-0.15, -0.1) is 0 Å². The van der Waals surface area contributed by atoms with Crippen LogP contribution < -0.4 is 5.32 Å². The van der Waals surface area contributed by atoms with Crippen LogP contribution in [-0.2, 0) is 9.53 Å². The first-order chi connectivity index (χ1) is 8.33. The fourth-order valence-corrected chi connectivity index (χ4v) is 2.34. The molecule has 1 aliphatic carbocycles. The van der Waals surface area contributed by atoms with Crippen LogP contribution in [0.4, 0.5) is 0 Å². The maximum Gasteiger partial charge on any atom is 0.248 e. The highest BCUT2D eigenvalue weighted by molar-refractivity contribution is 5.77. The Bertz CT molecular complexity index is 265. The number of amides is 1. The monoisotopic (exact) mass is 256 g/mol. The number of hydrogen-bond donors (Lipinski definition) is 1. The van der Waals surface area contributed by atoms with E-state index in [9.17, 15) is 4.79 Å². The second-order valence-electron chi connectivity index (χ2n) is 6.20. The molecule has 0 radical (unpaired) electrons. The summed E-state index contributed by atoms with van der Waals surface area (Å²) in [5, 5.41) is 3.31. The lowest BCUT2D eigenvalue weighted by atomic mass is 9.90. The molecule has 106 valence electrons. The van der Waals surface area contributed by atoms with Crippen LogP contribution in [-0.4, -0.2) is 49.2 Å². The highest BCUT2D eigenvalue weighted by Crippen LogP contribution is 2.22. The Balaban J connectivity index is 2.35. The number of hydrogen-bond acceptors (Lipinski definition) is 3. The van der Waals surface area contributed by atoms with E-state index in [-0.39, 0.29) is 18.1 Å². The van der Waals surface area contributed by atoms with Gasteiger partial charge in [0.15, 0.2) is 0 Å². The van der Waals surface area contributed by atoms with Crippen LogP contribution in [0.2, 0.25) is 0 Å². The molecule has 0 heterocycles. The molecule has 1 amide bonds. The largest absolute Gasteiger partial charge is 0.366 e. The summed E-state index contributed by atoms with van der Waals surface area (Å²) in [6.45, 7) is 6.10. The highest BCUT2D eigenvalue weighted by atomic mass is 16.5. The second kappa shape index (κ2) is 6.53. The van der Waals surface area contributed by atoms with Crippen molar-refractivity contribution in [3.63, 3.8) is 0 Å². The van der Waals surface area contributed by atoms with Crippen molar-refractivity contribution in [1.82, 2.24) is 10.2 Å². The zero-order valence-corrected chi connectivity index (χ0v) is 12.5. The number of carbonyl (C=O) groups excluding carboxylic acids is 1. The van der Waals surface area contributed by atoms with Crippen molar-refractivity contribution in [1.29, 1.82) is 0 Å². The van der Waals surface area contributed by atoms with Gasteiger partial charge in [-0.2, -0.15) is 0 Å². The zero-order valence-electron chi connectivity index (χ0n) is 12.5. The molecular formula is C14H28N2O2. The predicted octanol–water partition coefficient (Wildman–Crippen LogP) is 1.79. The van der Waals surface area contributed by atoms with Crippen LogP contribution in [0.5, 0.6) is 0 Å². The number of nitrogens with zero attached hydrogens (tertiary/aromatic N) is 1. The molecule has 1 fully saturated rings. The topological polar surface area (TPSA) is 41.6 Å². The van der Waals surface area contributed by atoms with E-state index in [1.807, 2.05) is 39.8 Å². The molecule has 0 aromatic rings.